The molecule has 0 saturated carbocycles. The number of likely N-dealkylation sites (N-methyl/N-ethyl adjacent to an activating group) is 1. The summed E-state index contributed by atoms with van der Waals surface area (Å²) < 4.78 is 1.45. The van der Waals surface area contributed by atoms with Crippen molar-refractivity contribution < 1.29 is 14.7 Å². The van der Waals surface area contributed by atoms with Crippen LogP contribution in [-0.4, -0.2) is 40.0 Å². The standard InChI is InChI=1S/C16H18N2O3/c1-17(11-9-13-6-3-2-4-7-13)16(21)14-8-5-10-18(14)12-15(19)20/h2-8,10H,9,11-12H2,1H3,(H,19,20). The molecule has 0 aliphatic heterocycles. The van der Waals surface area contributed by atoms with Gasteiger partial charge in [0.05, 0.1) is 0 Å². The van der Waals surface area contributed by atoms with E-state index in [0.29, 0.717) is 12.2 Å². The van der Waals surface area contributed by atoms with E-state index in [2.05, 4.69) is 0 Å². The number of rotatable bonds is 6. The van der Waals surface area contributed by atoms with Gasteiger partial charge in [0, 0.05) is 19.8 Å². The maximum atomic E-state index is 12.3. The molecule has 0 bridgehead atoms. The molecule has 5 heteroatoms. The molecule has 0 radical (unpaired) electrons. The van der Waals surface area contributed by atoms with Crippen LogP contribution in [0.4, 0.5) is 0 Å². The second-order valence-electron chi connectivity index (χ2n) is 4.88. The molecular formula is C16H18N2O3. The molecule has 1 aromatic carbocycles. The zero-order chi connectivity index (χ0) is 15.2. The van der Waals surface area contributed by atoms with Gasteiger partial charge in [0.15, 0.2) is 0 Å². The summed E-state index contributed by atoms with van der Waals surface area (Å²) in [4.78, 5) is 24.7. The Hall–Kier alpha value is -2.56. The highest BCUT2D eigenvalue weighted by Crippen LogP contribution is 2.07. The van der Waals surface area contributed by atoms with Crippen LogP contribution in [0.15, 0.2) is 48.7 Å². The van der Waals surface area contributed by atoms with Crippen molar-refractivity contribution in [3.8, 4) is 0 Å². The number of aromatic nitrogens is 1. The number of nitrogens with zero attached hydrogens (tertiary/aromatic N) is 2. The first kappa shape index (κ1) is 14.8. The molecule has 1 N–H and O–H groups in total. The number of carboxylic acid groups (broad SMARTS) is 1. The van der Waals surface area contributed by atoms with Gasteiger partial charge in [-0.3, -0.25) is 9.59 Å². The molecule has 1 aromatic heterocycles. The molecule has 0 saturated heterocycles. The molecule has 0 aliphatic carbocycles. The van der Waals surface area contributed by atoms with Crippen molar-refractivity contribution in [1.29, 1.82) is 0 Å². The van der Waals surface area contributed by atoms with Crippen LogP contribution in [0.5, 0.6) is 0 Å². The summed E-state index contributed by atoms with van der Waals surface area (Å²) in [5.74, 6) is -1.13. The fourth-order valence-electron chi connectivity index (χ4n) is 2.13. The first-order chi connectivity index (χ1) is 10.1. The van der Waals surface area contributed by atoms with Gasteiger partial charge in [-0.2, -0.15) is 0 Å². The zero-order valence-electron chi connectivity index (χ0n) is 11.9. The van der Waals surface area contributed by atoms with Gasteiger partial charge in [-0.05, 0) is 24.1 Å². The lowest BCUT2D eigenvalue weighted by atomic mass is 10.1. The number of carbonyl (C=O) groups is 2. The molecular weight excluding hydrogens is 268 g/mol. The largest absolute Gasteiger partial charge is 0.480 e. The van der Waals surface area contributed by atoms with Crippen molar-refractivity contribution in [3.05, 3.63) is 59.9 Å². The Morgan fingerprint density at radius 2 is 1.86 bits per heavy atom. The van der Waals surface area contributed by atoms with Crippen molar-refractivity contribution >= 4 is 11.9 Å². The Morgan fingerprint density at radius 1 is 1.14 bits per heavy atom. The summed E-state index contributed by atoms with van der Waals surface area (Å²) in [5, 5.41) is 8.84. The van der Waals surface area contributed by atoms with Crippen molar-refractivity contribution in [3.63, 3.8) is 0 Å². The van der Waals surface area contributed by atoms with Gasteiger partial charge in [0.2, 0.25) is 0 Å². The Morgan fingerprint density at radius 3 is 2.52 bits per heavy atom. The third-order valence-corrected chi connectivity index (χ3v) is 3.28. The Bertz CT molecular complexity index is 619. The lowest BCUT2D eigenvalue weighted by Crippen LogP contribution is -2.31. The van der Waals surface area contributed by atoms with Crippen LogP contribution in [-0.2, 0) is 17.8 Å². The molecule has 0 fully saturated rings. The van der Waals surface area contributed by atoms with E-state index in [-0.39, 0.29) is 12.5 Å². The molecule has 21 heavy (non-hydrogen) atoms. The topological polar surface area (TPSA) is 62.5 Å². The highest BCUT2D eigenvalue weighted by molar-refractivity contribution is 5.93. The van der Waals surface area contributed by atoms with E-state index in [1.54, 1.807) is 30.3 Å². The summed E-state index contributed by atoms with van der Waals surface area (Å²) in [7, 11) is 1.73. The molecule has 0 aliphatic rings. The molecule has 2 rings (SSSR count). The van der Waals surface area contributed by atoms with E-state index in [4.69, 9.17) is 5.11 Å². The molecule has 0 unspecified atom stereocenters. The van der Waals surface area contributed by atoms with Crippen LogP contribution >= 0.6 is 0 Å². The maximum absolute atomic E-state index is 12.3. The lowest BCUT2D eigenvalue weighted by molar-refractivity contribution is -0.137. The number of hydrogen-bond acceptors (Lipinski definition) is 2. The fourth-order valence-corrected chi connectivity index (χ4v) is 2.13. The van der Waals surface area contributed by atoms with E-state index >= 15 is 0 Å². The summed E-state index contributed by atoms with van der Waals surface area (Å²) in [6.07, 6.45) is 2.37. The molecule has 1 amide bonds. The average molecular weight is 286 g/mol. The average Bonchev–Trinajstić information content (AvgIpc) is 2.92. The summed E-state index contributed by atoms with van der Waals surface area (Å²) in [5.41, 5.74) is 1.56. The third-order valence-electron chi connectivity index (χ3n) is 3.28. The molecule has 2 aromatic rings. The number of aliphatic carboxylic acids is 1. The van der Waals surface area contributed by atoms with Crippen molar-refractivity contribution in [1.82, 2.24) is 9.47 Å². The van der Waals surface area contributed by atoms with E-state index < -0.39 is 5.97 Å². The predicted octanol–water partition coefficient (Wildman–Crippen LogP) is 1.89. The second-order valence-corrected chi connectivity index (χ2v) is 4.88. The molecule has 1 heterocycles. The summed E-state index contributed by atoms with van der Waals surface area (Å²) >= 11 is 0. The first-order valence-electron chi connectivity index (χ1n) is 6.74. The van der Waals surface area contributed by atoms with E-state index in [0.717, 1.165) is 12.0 Å². The SMILES string of the molecule is CN(CCc1ccccc1)C(=O)c1cccn1CC(=O)O. The third kappa shape index (κ3) is 3.95. The number of hydrogen-bond donors (Lipinski definition) is 1. The summed E-state index contributed by atoms with van der Waals surface area (Å²) in [6, 6.07) is 13.3. The minimum atomic E-state index is -0.966. The van der Waals surface area contributed by atoms with Gasteiger partial charge in [-0.1, -0.05) is 30.3 Å². The van der Waals surface area contributed by atoms with Crippen LogP contribution in [0, 0.1) is 0 Å². The number of carbonyl (C=O) groups excluding carboxylic acids is 1. The van der Waals surface area contributed by atoms with Crippen molar-refractivity contribution in [2.24, 2.45) is 0 Å². The molecule has 5 nitrogen and oxygen atoms in total. The van der Waals surface area contributed by atoms with Gasteiger partial charge in [0.25, 0.3) is 5.91 Å². The van der Waals surface area contributed by atoms with Crippen LogP contribution in [0.25, 0.3) is 0 Å². The Balaban J connectivity index is 1.99. The smallest absolute Gasteiger partial charge is 0.323 e. The number of amides is 1. The lowest BCUT2D eigenvalue weighted by Gasteiger charge is -2.18. The van der Waals surface area contributed by atoms with Gasteiger partial charge < -0.3 is 14.6 Å². The Kier molecular flexibility index (Phi) is 4.77. The fraction of sp³-hybridized carbons (Fsp3) is 0.250. The van der Waals surface area contributed by atoms with Gasteiger partial charge >= 0.3 is 5.97 Å². The Labute approximate surface area is 123 Å². The van der Waals surface area contributed by atoms with E-state index in [1.165, 1.54) is 4.57 Å². The number of benzene rings is 1. The van der Waals surface area contributed by atoms with Crippen LogP contribution in [0.1, 0.15) is 16.1 Å². The van der Waals surface area contributed by atoms with Crippen molar-refractivity contribution in [2.75, 3.05) is 13.6 Å². The highest BCUT2D eigenvalue weighted by Gasteiger charge is 2.16. The number of carboxylic acids is 1. The monoisotopic (exact) mass is 286 g/mol. The second kappa shape index (κ2) is 6.74. The van der Waals surface area contributed by atoms with Crippen LogP contribution in [0.2, 0.25) is 0 Å². The molecule has 0 spiro atoms. The van der Waals surface area contributed by atoms with Gasteiger partial charge in [-0.25, -0.2) is 0 Å². The van der Waals surface area contributed by atoms with E-state index in [9.17, 15) is 9.59 Å². The summed E-state index contributed by atoms with van der Waals surface area (Å²) in [6.45, 7) is 0.377. The predicted molar refractivity (Wildman–Crippen MR) is 79.2 cm³/mol. The van der Waals surface area contributed by atoms with Crippen molar-refractivity contribution in [2.45, 2.75) is 13.0 Å². The van der Waals surface area contributed by atoms with Crippen LogP contribution in [0.3, 0.4) is 0 Å². The quantitative estimate of drug-likeness (QED) is 0.882. The van der Waals surface area contributed by atoms with Gasteiger partial charge in [-0.15, -0.1) is 0 Å². The molecule has 0 atom stereocenters. The van der Waals surface area contributed by atoms with E-state index in [1.807, 2.05) is 30.3 Å². The maximum Gasteiger partial charge on any atom is 0.323 e. The molecule has 110 valence electrons. The minimum Gasteiger partial charge on any atom is -0.480 e. The normalized spacial score (nSPS) is 10.3. The minimum absolute atomic E-state index is 0.169. The van der Waals surface area contributed by atoms with Gasteiger partial charge in [0.1, 0.15) is 12.2 Å². The first-order valence-corrected chi connectivity index (χ1v) is 6.74. The van der Waals surface area contributed by atoms with Crippen LogP contribution < -0.4 is 0 Å². The highest BCUT2D eigenvalue weighted by atomic mass is 16.4. The zero-order valence-corrected chi connectivity index (χ0v) is 11.9.